The lowest BCUT2D eigenvalue weighted by Crippen LogP contribution is -2.26. The number of fused-ring (bicyclic) bond motifs is 2. The first kappa shape index (κ1) is 35.6. The number of nitrogens with zero attached hydrogens (tertiary/aromatic N) is 5. The van der Waals surface area contributed by atoms with Gasteiger partial charge in [0.2, 0.25) is 17.8 Å². The third kappa shape index (κ3) is 9.28. The molecule has 5 rings (SSSR count). The van der Waals surface area contributed by atoms with Gasteiger partial charge < -0.3 is 25.8 Å². The van der Waals surface area contributed by atoms with E-state index in [0.29, 0.717) is 46.5 Å². The maximum atomic E-state index is 13.4. The van der Waals surface area contributed by atoms with Gasteiger partial charge in [-0.05, 0) is 88.2 Å². The molecule has 4 aromatic rings. The summed E-state index contributed by atoms with van der Waals surface area (Å²) in [6.45, 7) is 16.5. The topological polar surface area (TPSA) is 115 Å². The molecule has 0 radical (unpaired) electrons. The summed E-state index contributed by atoms with van der Waals surface area (Å²) in [4.78, 5) is 45.4. The summed E-state index contributed by atoms with van der Waals surface area (Å²) in [5.74, 6) is 1.40. The van der Waals surface area contributed by atoms with E-state index < -0.39 is 0 Å². The highest BCUT2D eigenvalue weighted by molar-refractivity contribution is 6.28. The van der Waals surface area contributed by atoms with Gasteiger partial charge in [0.15, 0.2) is 11.6 Å². The molecule has 3 aromatic carbocycles. The van der Waals surface area contributed by atoms with Crippen LogP contribution in [-0.4, -0.2) is 88.7 Å². The standard InChI is InChI=1S/C39H50N8O2/c1-5-46(6-2)26-12-24-40-37-43-38(41-25-13-27-47(7-3)8-4)45-39(44-37)42-30-22-19-28(20-23-30)18-21-29-14-11-17-33-34(29)36(49)32-16-10-9-15-31(32)35(33)48/h9-11,14-17,19-20,22-23H,5-8,12-13,18,21,24-27H2,1-4H3,(H3,40,41,42,43,44,45). The molecule has 0 atom stereocenters. The van der Waals surface area contributed by atoms with Gasteiger partial charge in [0, 0.05) is 41.0 Å². The van der Waals surface area contributed by atoms with Crippen LogP contribution >= 0.6 is 0 Å². The van der Waals surface area contributed by atoms with Crippen molar-refractivity contribution in [1.29, 1.82) is 0 Å². The van der Waals surface area contributed by atoms with Crippen LogP contribution in [0.4, 0.5) is 23.5 Å². The number of benzene rings is 3. The Morgan fingerprint density at radius 2 is 1.10 bits per heavy atom. The number of anilines is 4. The van der Waals surface area contributed by atoms with Crippen molar-refractivity contribution in [3.8, 4) is 0 Å². The molecule has 0 spiro atoms. The van der Waals surface area contributed by atoms with Crippen molar-refractivity contribution >= 4 is 35.1 Å². The second kappa shape index (κ2) is 17.6. The normalized spacial score (nSPS) is 12.3. The Hall–Kier alpha value is -4.67. The molecule has 0 aliphatic heterocycles. The van der Waals surface area contributed by atoms with Gasteiger partial charge in [-0.1, -0.05) is 82.3 Å². The van der Waals surface area contributed by atoms with Crippen molar-refractivity contribution in [3.63, 3.8) is 0 Å². The Morgan fingerprint density at radius 3 is 1.67 bits per heavy atom. The van der Waals surface area contributed by atoms with Crippen LogP contribution in [0.2, 0.25) is 0 Å². The largest absolute Gasteiger partial charge is 0.354 e. The lowest BCUT2D eigenvalue weighted by atomic mass is 9.81. The SMILES string of the molecule is CCN(CC)CCCNc1nc(NCCCN(CC)CC)nc(Nc2ccc(CCc3cccc4c3C(=O)c3ccccc3C4=O)cc2)n1. The lowest BCUT2D eigenvalue weighted by Gasteiger charge is -2.20. The Labute approximate surface area is 290 Å². The number of aryl methyl sites for hydroxylation is 2. The van der Waals surface area contributed by atoms with Crippen molar-refractivity contribution in [1.82, 2.24) is 24.8 Å². The minimum atomic E-state index is -0.0863. The van der Waals surface area contributed by atoms with Gasteiger partial charge in [0.05, 0.1) is 0 Å². The van der Waals surface area contributed by atoms with E-state index >= 15 is 0 Å². The Bertz CT molecular complexity index is 1660. The highest BCUT2D eigenvalue weighted by atomic mass is 16.1. The summed E-state index contributed by atoms with van der Waals surface area (Å²) in [6, 6.07) is 20.8. The quantitative estimate of drug-likeness (QED) is 0.0851. The molecule has 10 nitrogen and oxygen atoms in total. The van der Waals surface area contributed by atoms with Gasteiger partial charge >= 0.3 is 0 Å². The van der Waals surface area contributed by atoms with Gasteiger partial charge in [-0.15, -0.1) is 0 Å². The minimum absolute atomic E-state index is 0.0757. The molecule has 0 unspecified atom stereocenters. The highest BCUT2D eigenvalue weighted by Crippen LogP contribution is 2.30. The minimum Gasteiger partial charge on any atom is -0.354 e. The smallest absolute Gasteiger partial charge is 0.233 e. The molecular weight excluding hydrogens is 612 g/mol. The van der Waals surface area contributed by atoms with E-state index in [2.05, 4.69) is 80.5 Å². The van der Waals surface area contributed by atoms with Crippen molar-refractivity contribution in [2.24, 2.45) is 0 Å². The molecule has 49 heavy (non-hydrogen) atoms. The zero-order valence-corrected chi connectivity index (χ0v) is 29.4. The fourth-order valence-corrected chi connectivity index (χ4v) is 6.26. The van der Waals surface area contributed by atoms with Crippen molar-refractivity contribution in [3.05, 3.63) is 100 Å². The van der Waals surface area contributed by atoms with Crippen molar-refractivity contribution in [2.45, 2.75) is 53.4 Å². The number of hydrogen-bond acceptors (Lipinski definition) is 10. The number of carbonyl (C=O) groups is 2. The summed E-state index contributed by atoms with van der Waals surface area (Å²) >= 11 is 0. The number of ketones is 2. The predicted molar refractivity (Wildman–Crippen MR) is 198 cm³/mol. The van der Waals surface area contributed by atoms with Crippen molar-refractivity contribution < 1.29 is 9.59 Å². The molecule has 10 heteroatoms. The van der Waals surface area contributed by atoms with Gasteiger partial charge in [-0.25, -0.2) is 0 Å². The average Bonchev–Trinajstić information content (AvgIpc) is 3.13. The highest BCUT2D eigenvalue weighted by Gasteiger charge is 2.30. The summed E-state index contributed by atoms with van der Waals surface area (Å²) in [6.07, 6.45) is 3.37. The second-order valence-electron chi connectivity index (χ2n) is 12.3. The van der Waals surface area contributed by atoms with Gasteiger partial charge in [0.25, 0.3) is 0 Å². The van der Waals surface area contributed by atoms with Crippen LogP contribution in [0.25, 0.3) is 0 Å². The Morgan fingerprint density at radius 1 is 0.571 bits per heavy atom. The molecule has 258 valence electrons. The Kier molecular flexibility index (Phi) is 12.8. The number of aromatic nitrogens is 3. The lowest BCUT2D eigenvalue weighted by molar-refractivity contribution is 0.0978. The second-order valence-corrected chi connectivity index (χ2v) is 12.3. The maximum absolute atomic E-state index is 13.4. The molecule has 0 saturated heterocycles. The molecular formula is C39H50N8O2. The van der Waals surface area contributed by atoms with Crippen LogP contribution in [0.3, 0.4) is 0 Å². The molecule has 1 aliphatic rings. The van der Waals surface area contributed by atoms with Crippen LogP contribution in [0.5, 0.6) is 0 Å². The molecule has 0 fully saturated rings. The maximum Gasteiger partial charge on any atom is 0.233 e. The average molecular weight is 663 g/mol. The molecule has 3 N–H and O–H groups in total. The van der Waals surface area contributed by atoms with Gasteiger partial charge in [-0.3, -0.25) is 9.59 Å². The number of carbonyl (C=O) groups excluding carboxylic acids is 2. The number of hydrogen-bond donors (Lipinski definition) is 3. The van der Waals surface area contributed by atoms with E-state index in [4.69, 9.17) is 0 Å². The molecule has 0 saturated carbocycles. The van der Waals surface area contributed by atoms with Crippen LogP contribution in [0.1, 0.15) is 83.5 Å². The fraction of sp³-hybridized carbons (Fsp3) is 0.410. The van der Waals surface area contributed by atoms with E-state index in [1.165, 1.54) is 0 Å². The number of rotatable bonds is 19. The third-order valence-corrected chi connectivity index (χ3v) is 9.22. The fourth-order valence-electron chi connectivity index (χ4n) is 6.26. The Balaban J connectivity index is 1.23. The first-order valence-corrected chi connectivity index (χ1v) is 17.8. The monoisotopic (exact) mass is 662 g/mol. The van der Waals surface area contributed by atoms with Crippen LogP contribution in [-0.2, 0) is 12.8 Å². The summed E-state index contributed by atoms with van der Waals surface area (Å²) in [5.41, 5.74) is 4.88. The predicted octanol–water partition coefficient (Wildman–Crippen LogP) is 6.46. The molecule has 1 aliphatic carbocycles. The molecule has 0 bridgehead atoms. The van der Waals surface area contributed by atoms with Gasteiger partial charge in [-0.2, -0.15) is 15.0 Å². The number of nitrogens with one attached hydrogen (secondary N) is 3. The van der Waals surface area contributed by atoms with Crippen LogP contribution < -0.4 is 16.0 Å². The molecule has 1 heterocycles. The van der Waals surface area contributed by atoms with Crippen LogP contribution in [0.15, 0.2) is 66.7 Å². The van der Waals surface area contributed by atoms with E-state index in [-0.39, 0.29) is 11.6 Å². The molecule has 1 aromatic heterocycles. The van der Waals surface area contributed by atoms with E-state index in [1.54, 1.807) is 24.3 Å². The van der Waals surface area contributed by atoms with E-state index in [0.717, 1.165) is 88.4 Å². The first-order chi connectivity index (χ1) is 23.9. The summed E-state index contributed by atoms with van der Waals surface area (Å²) in [5, 5.41) is 10.1. The molecule has 0 amide bonds. The zero-order valence-electron chi connectivity index (χ0n) is 29.4. The van der Waals surface area contributed by atoms with Crippen LogP contribution in [0, 0.1) is 0 Å². The third-order valence-electron chi connectivity index (χ3n) is 9.22. The first-order valence-electron chi connectivity index (χ1n) is 17.8. The van der Waals surface area contributed by atoms with E-state index in [1.807, 2.05) is 30.3 Å². The zero-order chi connectivity index (χ0) is 34.6. The van der Waals surface area contributed by atoms with Crippen molar-refractivity contribution in [2.75, 3.05) is 68.3 Å². The van der Waals surface area contributed by atoms with E-state index in [9.17, 15) is 9.59 Å². The summed E-state index contributed by atoms with van der Waals surface area (Å²) in [7, 11) is 0. The summed E-state index contributed by atoms with van der Waals surface area (Å²) < 4.78 is 0. The van der Waals surface area contributed by atoms with Gasteiger partial charge in [0.1, 0.15) is 0 Å².